The molecule has 3 amide bonds. The number of para-hydroxylation sites is 1. The van der Waals surface area contributed by atoms with Crippen molar-refractivity contribution >= 4 is 29.5 Å². The number of benzene rings is 2. The molecular weight excluding hydrogens is 358 g/mol. The Balaban J connectivity index is 2.03. The van der Waals surface area contributed by atoms with Crippen molar-refractivity contribution in [2.45, 2.75) is 0 Å². The number of hydrogen-bond acceptors (Lipinski definition) is 4. The molecule has 0 aliphatic rings. The largest absolute Gasteiger partial charge is 0.497 e. The molecule has 7 nitrogen and oxygen atoms in total. The zero-order valence-corrected chi connectivity index (χ0v) is 16.1. The number of ether oxygens (including phenoxy) is 1. The molecule has 0 aromatic heterocycles. The molecule has 146 valence electrons. The molecule has 0 aliphatic carbocycles. The van der Waals surface area contributed by atoms with Crippen LogP contribution in [0.4, 0.5) is 5.69 Å². The molecule has 2 N–H and O–H groups in total. The highest BCUT2D eigenvalue weighted by Crippen LogP contribution is 2.16. The fraction of sp³-hybridized carbons (Fsp3) is 0.190. The Hall–Kier alpha value is -3.61. The Morgan fingerprint density at radius 1 is 1.04 bits per heavy atom. The Morgan fingerprint density at radius 3 is 2.36 bits per heavy atom. The molecule has 0 radical (unpaired) electrons. The van der Waals surface area contributed by atoms with Gasteiger partial charge in [0, 0.05) is 20.2 Å². The van der Waals surface area contributed by atoms with Gasteiger partial charge in [0.1, 0.15) is 5.75 Å². The summed E-state index contributed by atoms with van der Waals surface area (Å²) in [6, 6.07) is 13.9. The van der Waals surface area contributed by atoms with Crippen LogP contribution in [0.5, 0.6) is 5.75 Å². The Labute approximate surface area is 164 Å². The number of nitrogens with zero attached hydrogens (tertiary/aromatic N) is 1. The van der Waals surface area contributed by atoms with E-state index in [2.05, 4.69) is 10.6 Å². The number of methoxy groups -OCH3 is 1. The maximum Gasteiger partial charge on any atom is 0.253 e. The summed E-state index contributed by atoms with van der Waals surface area (Å²) >= 11 is 0. The lowest BCUT2D eigenvalue weighted by Gasteiger charge is -2.13. The predicted molar refractivity (Wildman–Crippen MR) is 108 cm³/mol. The minimum atomic E-state index is -0.440. The van der Waals surface area contributed by atoms with Gasteiger partial charge in [-0.15, -0.1) is 0 Å². The van der Waals surface area contributed by atoms with E-state index >= 15 is 0 Å². The number of amides is 3. The van der Waals surface area contributed by atoms with Crippen molar-refractivity contribution in [2.75, 3.05) is 33.1 Å². The van der Waals surface area contributed by atoms with E-state index < -0.39 is 5.91 Å². The van der Waals surface area contributed by atoms with Gasteiger partial charge in [0.05, 0.1) is 24.9 Å². The molecular formula is C21H23N3O4. The Morgan fingerprint density at radius 2 is 1.71 bits per heavy atom. The van der Waals surface area contributed by atoms with Crippen LogP contribution in [0, 0.1) is 0 Å². The molecule has 0 aliphatic heterocycles. The van der Waals surface area contributed by atoms with Crippen molar-refractivity contribution in [1.29, 1.82) is 0 Å². The normalized spacial score (nSPS) is 10.4. The van der Waals surface area contributed by atoms with Gasteiger partial charge in [-0.3, -0.25) is 14.4 Å². The van der Waals surface area contributed by atoms with Crippen LogP contribution in [-0.4, -0.2) is 50.4 Å². The zero-order chi connectivity index (χ0) is 20.5. The van der Waals surface area contributed by atoms with Gasteiger partial charge in [-0.05, 0) is 35.9 Å². The van der Waals surface area contributed by atoms with E-state index in [-0.39, 0.29) is 23.9 Å². The van der Waals surface area contributed by atoms with E-state index in [1.165, 1.54) is 11.0 Å². The van der Waals surface area contributed by atoms with Crippen LogP contribution in [-0.2, 0) is 9.59 Å². The molecule has 0 bridgehead atoms. The third-order valence-corrected chi connectivity index (χ3v) is 3.87. The fourth-order valence-electron chi connectivity index (χ4n) is 2.26. The summed E-state index contributed by atoms with van der Waals surface area (Å²) in [5, 5.41) is 5.24. The number of carbonyl (C=O) groups excluding carboxylic acids is 3. The average molecular weight is 381 g/mol. The lowest BCUT2D eigenvalue weighted by Crippen LogP contribution is -2.36. The molecule has 0 fully saturated rings. The van der Waals surface area contributed by atoms with Gasteiger partial charge < -0.3 is 20.3 Å². The van der Waals surface area contributed by atoms with Crippen LogP contribution in [0.25, 0.3) is 6.08 Å². The van der Waals surface area contributed by atoms with E-state index in [1.54, 1.807) is 63.7 Å². The quantitative estimate of drug-likeness (QED) is 0.720. The highest BCUT2D eigenvalue weighted by atomic mass is 16.5. The topological polar surface area (TPSA) is 87.7 Å². The van der Waals surface area contributed by atoms with Gasteiger partial charge >= 0.3 is 0 Å². The molecule has 0 heterocycles. The Bertz CT molecular complexity index is 873. The maximum absolute atomic E-state index is 12.4. The molecule has 7 heteroatoms. The molecule has 0 saturated carbocycles. The summed E-state index contributed by atoms with van der Waals surface area (Å²) in [5.74, 6) is -0.308. The highest BCUT2D eigenvalue weighted by Gasteiger charge is 2.13. The first-order chi connectivity index (χ1) is 13.4. The number of hydrogen-bond donors (Lipinski definition) is 2. The monoisotopic (exact) mass is 381 g/mol. The van der Waals surface area contributed by atoms with Crippen LogP contribution in [0.1, 0.15) is 15.9 Å². The number of anilines is 1. The lowest BCUT2D eigenvalue weighted by molar-refractivity contribution is -0.127. The van der Waals surface area contributed by atoms with Gasteiger partial charge in [-0.1, -0.05) is 24.3 Å². The molecule has 2 aromatic carbocycles. The van der Waals surface area contributed by atoms with Crippen molar-refractivity contribution in [3.8, 4) is 5.75 Å². The predicted octanol–water partition coefficient (Wildman–Crippen LogP) is 2.17. The minimum Gasteiger partial charge on any atom is -0.497 e. The third kappa shape index (κ3) is 5.98. The van der Waals surface area contributed by atoms with E-state index in [0.29, 0.717) is 5.69 Å². The average Bonchev–Trinajstić information content (AvgIpc) is 2.70. The summed E-state index contributed by atoms with van der Waals surface area (Å²) in [5.41, 5.74) is 1.48. The number of likely N-dealkylation sites (N-methyl/N-ethyl adjacent to an activating group) is 1. The third-order valence-electron chi connectivity index (χ3n) is 3.87. The summed E-state index contributed by atoms with van der Waals surface area (Å²) in [6.07, 6.45) is 3.04. The smallest absolute Gasteiger partial charge is 0.253 e. The van der Waals surface area contributed by atoms with Crippen LogP contribution < -0.4 is 15.4 Å². The van der Waals surface area contributed by atoms with Crippen molar-refractivity contribution in [3.63, 3.8) is 0 Å². The summed E-state index contributed by atoms with van der Waals surface area (Å²) in [7, 11) is 4.80. The van der Waals surface area contributed by atoms with Crippen LogP contribution in [0.2, 0.25) is 0 Å². The second kappa shape index (κ2) is 9.91. The highest BCUT2D eigenvalue weighted by molar-refractivity contribution is 6.08. The van der Waals surface area contributed by atoms with Gasteiger partial charge in [0.15, 0.2) is 0 Å². The molecule has 0 spiro atoms. The maximum atomic E-state index is 12.4. The second-order valence-electron chi connectivity index (χ2n) is 6.11. The van der Waals surface area contributed by atoms with Crippen LogP contribution in [0.15, 0.2) is 54.6 Å². The van der Waals surface area contributed by atoms with Gasteiger partial charge in [0.25, 0.3) is 5.91 Å². The van der Waals surface area contributed by atoms with Crippen LogP contribution >= 0.6 is 0 Å². The molecule has 2 rings (SSSR count). The van der Waals surface area contributed by atoms with E-state index in [9.17, 15) is 14.4 Å². The van der Waals surface area contributed by atoms with E-state index in [0.717, 1.165) is 11.3 Å². The Kier molecular flexibility index (Phi) is 7.33. The van der Waals surface area contributed by atoms with E-state index in [1.807, 2.05) is 12.1 Å². The first kappa shape index (κ1) is 20.7. The first-order valence-electron chi connectivity index (χ1n) is 8.61. The first-order valence-corrected chi connectivity index (χ1v) is 8.61. The lowest BCUT2D eigenvalue weighted by atomic mass is 10.1. The van der Waals surface area contributed by atoms with Crippen molar-refractivity contribution in [1.82, 2.24) is 10.2 Å². The second-order valence-corrected chi connectivity index (χ2v) is 6.11. The molecule has 2 aromatic rings. The van der Waals surface area contributed by atoms with Crippen molar-refractivity contribution < 1.29 is 19.1 Å². The SMILES string of the molecule is COc1ccc(/C=C/C(=O)Nc2ccccc2C(=O)NCC(=O)N(C)C)cc1. The van der Waals surface area contributed by atoms with Gasteiger partial charge in [-0.2, -0.15) is 0 Å². The van der Waals surface area contributed by atoms with Gasteiger partial charge in [0.2, 0.25) is 11.8 Å². The van der Waals surface area contributed by atoms with Gasteiger partial charge in [-0.25, -0.2) is 0 Å². The molecule has 0 atom stereocenters. The zero-order valence-electron chi connectivity index (χ0n) is 16.1. The summed E-state index contributed by atoms with van der Waals surface area (Å²) in [4.78, 5) is 37.6. The fourth-order valence-corrected chi connectivity index (χ4v) is 2.26. The molecule has 0 saturated heterocycles. The minimum absolute atomic E-state index is 0.120. The molecule has 28 heavy (non-hydrogen) atoms. The number of carbonyl (C=O) groups is 3. The molecule has 0 unspecified atom stereocenters. The van der Waals surface area contributed by atoms with Crippen molar-refractivity contribution in [3.05, 3.63) is 65.7 Å². The van der Waals surface area contributed by atoms with Crippen molar-refractivity contribution in [2.24, 2.45) is 0 Å². The van der Waals surface area contributed by atoms with E-state index in [4.69, 9.17) is 4.74 Å². The summed E-state index contributed by atoms with van der Waals surface area (Å²) in [6.45, 7) is -0.120. The number of nitrogens with one attached hydrogen (secondary N) is 2. The summed E-state index contributed by atoms with van der Waals surface area (Å²) < 4.78 is 5.09. The number of rotatable bonds is 7. The standard InChI is InChI=1S/C21H23N3O4/c1-24(2)20(26)14-22-21(27)17-6-4-5-7-18(17)23-19(25)13-10-15-8-11-16(28-3)12-9-15/h4-13H,14H2,1-3H3,(H,22,27)(H,23,25)/b13-10+. The van der Waals surface area contributed by atoms with Crippen LogP contribution in [0.3, 0.4) is 0 Å².